The lowest BCUT2D eigenvalue weighted by atomic mass is 10.3. The maximum Gasteiger partial charge on any atom is 0.246 e. The number of tetrazole rings is 1. The average Bonchev–Trinajstić information content (AvgIpc) is 2.85. The van der Waals surface area contributed by atoms with Gasteiger partial charge in [0.15, 0.2) is 0 Å². The van der Waals surface area contributed by atoms with Crippen LogP contribution in [0, 0.1) is 5.82 Å². The second-order valence-corrected chi connectivity index (χ2v) is 5.55. The Morgan fingerprint density at radius 2 is 2.22 bits per heavy atom. The summed E-state index contributed by atoms with van der Waals surface area (Å²) in [5, 5.41) is 9.78. The Kier molecular flexibility index (Phi) is 3.43. The highest BCUT2D eigenvalue weighted by atomic mass is 35.5. The maximum atomic E-state index is 13.4. The summed E-state index contributed by atoms with van der Waals surface area (Å²) in [5.41, 5.74) is 0.192. The van der Waals surface area contributed by atoms with Crippen molar-refractivity contribution in [3.05, 3.63) is 30.3 Å². The Bertz CT molecular complexity index is 646. The van der Waals surface area contributed by atoms with Crippen LogP contribution in [0.15, 0.2) is 24.5 Å². The standard InChI is InChI=1S/C8H7ClFN5O2S/c9-4-18(16,17)12-8-3-6(1-2-7(8)10)15-5-11-13-14-15/h1-3,5,12H,4H2. The summed E-state index contributed by atoms with van der Waals surface area (Å²) in [6, 6.07) is 3.77. The summed E-state index contributed by atoms with van der Waals surface area (Å²) in [6.45, 7) is 0. The lowest BCUT2D eigenvalue weighted by Crippen LogP contribution is -2.14. The monoisotopic (exact) mass is 291 g/mol. The molecule has 0 saturated carbocycles. The molecule has 96 valence electrons. The van der Waals surface area contributed by atoms with E-state index in [0.717, 1.165) is 6.07 Å². The Labute approximate surface area is 107 Å². The van der Waals surface area contributed by atoms with Crippen LogP contribution in [0.1, 0.15) is 0 Å². The Morgan fingerprint density at radius 3 is 2.83 bits per heavy atom. The number of rotatable bonds is 4. The molecule has 0 radical (unpaired) electrons. The SMILES string of the molecule is O=S(=O)(CCl)Nc1cc(-n2cnnn2)ccc1F. The highest BCUT2D eigenvalue weighted by Gasteiger charge is 2.13. The van der Waals surface area contributed by atoms with E-state index in [1.54, 1.807) is 0 Å². The van der Waals surface area contributed by atoms with Crippen molar-refractivity contribution in [3.8, 4) is 5.69 Å². The Balaban J connectivity index is 2.39. The van der Waals surface area contributed by atoms with Crippen LogP contribution < -0.4 is 4.72 Å². The quantitative estimate of drug-likeness (QED) is 0.839. The van der Waals surface area contributed by atoms with Gasteiger partial charge in [-0.2, -0.15) is 0 Å². The van der Waals surface area contributed by atoms with Crippen molar-refractivity contribution in [2.24, 2.45) is 0 Å². The van der Waals surface area contributed by atoms with Crippen LogP contribution in [0.5, 0.6) is 0 Å². The molecule has 1 aromatic heterocycles. The van der Waals surface area contributed by atoms with Gasteiger partial charge in [0.05, 0.1) is 11.4 Å². The van der Waals surface area contributed by atoms with Gasteiger partial charge < -0.3 is 0 Å². The number of benzene rings is 1. The lowest BCUT2D eigenvalue weighted by molar-refractivity contribution is 0.602. The van der Waals surface area contributed by atoms with Crippen LogP contribution in [0.4, 0.5) is 10.1 Å². The third-order valence-electron chi connectivity index (χ3n) is 1.97. The second kappa shape index (κ2) is 4.86. The van der Waals surface area contributed by atoms with E-state index in [2.05, 4.69) is 15.5 Å². The molecule has 1 heterocycles. The number of hydrogen-bond acceptors (Lipinski definition) is 5. The van der Waals surface area contributed by atoms with Crippen LogP contribution in [0.2, 0.25) is 0 Å². The van der Waals surface area contributed by atoms with Gasteiger partial charge in [0.25, 0.3) is 0 Å². The molecule has 0 aliphatic carbocycles. The molecule has 0 bridgehead atoms. The first-order chi connectivity index (χ1) is 8.52. The zero-order valence-electron chi connectivity index (χ0n) is 8.79. The van der Waals surface area contributed by atoms with Crippen LogP contribution in [-0.2, 0) is 10.0 Å². The predicted octanol–water partition coefficient (Wildman–Crippen LogP) is 0.739. The third kappa shape index (κ3) is 2.74. The summed E-state index contributed by atoms with van der Waals surface area (Å²) in [5.74, 6) is -0.722. The molecule has 0 unspecified atom stereocenters. The van der Waals surface area contributed by atoms with Gasteiger partial charge in [0, 0.05) is 0 Å². The smallest absolute Gasteiger partial charge is 0.246 e. The van der Waals surface area contributed by atoms with Gasteiger partial charge in [-0.3, -0.25) is 4.72 Å². The van der Waals surface area contributed by atoms with Crippen LogP contribution >= 0.6 is 11.6 Å². The van der Waals surface area contributed by atoms with E-state index in [9.17, 15) is 12.8 Å². The molecule has 2 rings (SSSR count). The number of nitrogens with zero attached hydrogens (tertiary/aromatic N) is 4. The molecule has 0 amide bonds. The van der Waals surface area contributed by atoms with Gasteiger partial charge in [0.2, 0.25) is 10.0 Å². The van der Waals surface area contributed by atoms with Crippen LogP contribution in [0.25, 0.3) is 5.69 Å². The molecule has 0 aliphatic heterocycles. The molecule has 2 aromatic rings. The summed E-state index contributed by atoms with van der Waals surface area (Å²) in [4.78, 5) is 0. The molecule has 0 atom stereocenters. The number of halogens is 2. The van der Waals surface area contributed by atoms with Crippen molar-refractivity contribution in [1.29, 1.82) is 0 Å². The normalized spacial score (nSPS) is 11.4. The number of anilines is 1. The molecular formula is C8H7ClFN5O2S. The largest absolute Gasteiger partial charge is 0.279 e. The lowest BCUT2D eigenvalue weighted by Gasteiger charge is -2.08. The molecule has 7 nitrogen and oxygen atoms in total. The van der Waals surface area contributed by atoms with E-state index in [4.69, 9.17) is 11.6 Å². The van der Waals surface area contributed by atoms with E-state index >= 15 is 0 Å². The average molecular weight is 292 g/mol. The number of sulfonamides is 1. The maximum absolute atomic E-state index is 13.4. The van der Waals surface area contributed by atoms with E-state index in [1.807, 2.05) is 4.72 Å². The van der Waals surface area contributed by atoms with Gasteiger partial charge in [0.1, 0.15) is 17.4 Å². The number of nitrogens with one attached hydrogen (secondary N) is 1. The molecule has 18 heavy (non-hydrogen) atoms. The zero-order chi connectivity index (χ0) is 13.2. The molecule has 0 fully saturated rings. The van der Waals surface area contributed by atoms with E-state index in [0.29, 0.717) is 5.69 Å². The third-order valence-corrected chi connectivity index (χ3v) is 3.65. The highest BCUT2D eigenvalue weighted by Crippen LogP contribution is 2.19. The fourth-order valence-corrected chi connectivity index (χ4v) is 1.92. The van der Waals surface area contributed by atoms with Crippen molar-refractivity contribution in [1.82, 2.24) is 20.2 Å². The molecule has 0 spiro atoms. The minimum Gasteiger partial charge on any atom is -0.279 e. The van der Waals surface area contributed by atoms with Crippen molar-refractivity contribution >= 4 is 27.3 Å². The van der Waals surface area contributed by atoms with Crippen molar-refractivity contribution < 1.29 is 12.8 Å². The Hall–Kier alpha value is -1.74. The summed E-state index contributed by atoms with van der Waals surface area (Å²) >= 11 is 5.22. The molecule has 0 saturated heterocycles. The molecule has 0 aliphatic rings. The highest BCUT2D eigenvalue weighted by molar-refractivity contribution is 7.93. The van der Waals surface area contributed by atoms with Gasteiger partial charge in [-0.05, 0) is 28.6 Å². The van der Waals surface area contributed by atoms with Gasteiger partial charge >= 0.3 is 0 Å². The van der Waals surface area contributed by atoms with E-state index in [1.165, 1.54) is 23.1 Å². The molecular weight excluding hydrogens is 285 g/mol. The molecule has 1 N–H and O–H groups in total. The van der Waals surface area contributed by atoms with Crippen molar-refractivity contribution in [3.63, 3.8) is 0 Å². The molecule has 1 aromatic carbocycles. The number of alkyl halides is 1. The van der Waals surface area contributed by atoms with E-state index in [-0.39, 0.29) is 5.69 Å². The van der Waals surface area contributed by atoms with Crippen molar-refractivity contribution in [2.75, 3.05) is 9.93 Å². The summed E-state index contributed by atoms with van der Waals surface area (Å²) in [7, 11) is -3.77. The summed E-state index contributed by atoms with van der Waals surface area (Å²) < 4.78 is 39.3. The second-order valence-electron chi connectivity index (χ2n) is 3.24. The van der Waals surface area contributed by atoms with Gasteiger partial charge in [-0.1, -0.05) is 0 Å². The fraction of sp³-hybridized carbons (Fsp3) is 0.125. The topological polar surface area (TPSA) is 89.8 Å². The fourth-order valence-electron chi connectivity index (χ4n) is 1.21. The van der Waals surface area contributed by atoms with Gasteiger partial charge in [-0.25, -0.2) is 17.5 Å². The number of aromatic nitrogens is 4. The minimum absolute atomic E-state index is 0.219. The first-order valence-corrected chi connectivity index (χ1v) is 6.80. The van der Waals surface area contributed by atoms with E-state index < -0.39 is 21.1 Å². The van der Waals surface area contributed by atoms with Crippen LogP contribution in [-0.4, -0.2) is 33.8 Å². The first kappa shape index (κ1) is 12.7. The Morgan fingerprint density at radius 1 is 1.44 bits per heavy atom. The zero-order valence-corrected chi connectivity index (χ0v) is 10.4. The molecule has 10 heteroatoms. The first-order valence-electron chi connectivity index (χ1n) is 4.61. The predicted molar refractivity (Wildman–Crippen MR) is 62.4 cm³/mol. The van der Waals surface area contributed by atoms with Crippen molar-refractivity contribution in [2.45, 2.75) is 0 Å². The van der Waals surface area contributed by atoms with Crippen LogP contribution in [0.3, 0.4) is 0 Å². The summed E-state index contributed by atoms with van der Waals surface area (Å²) in [6.07, 6.45) is 1.30. The minimum atomic E-state index is -3.77. The number of hydrogen-bond donors (Lipinski definition) is 1. The van der Waals surface area contributed by atoms with Gasteiger partial charge in [-0.15, -0.1) is 16.7 Å².